The lowest BCUT2D eigenvalue weighted by atomic mass is 10.5. The van der Waals surface area contributed by atoms with Crippen LogP contribution in [0.4, 0.5) is 0 Å². The van der Waals surface area contributed by atoms with Gasteiger partial charge in [-0.15, -0.1) is 0 Å². The van der Waals surface area contributed by atoms with Gasteiger partial charge in [0.1, 0.15) is 5.69 Å². The molecule has 1 aromatic rings. The molecule has 0 bridgehead atoms. The Morgan fingerprint density at radius 2 is 2.38 bits per heavy atom. The van der Waals surface area contributed by atoms with Crippen LogP contribution in [0, 0.1) is 6.92 Å². The molecule has 0 spiro atoms. The number of hydrogen-bond donors (Lipinski definition) is 1. The highest BCUT2D eigenvalue weighted by Crippen LogP contribution is 1.71. The number of H-pyrrole nitrogens is 1. The van der Waals surface area contributed by atoms with Crippen LogP contribution in [0.5, 0.6) is 0 Å². The summed E-state index contributed by atoms with van der Waals surface area (Å²) in [6.45, 7) is 1.67. The minimum absolute atomic E-state index is 0.0648. The molecule has 0 aliphatic rings. The quantitative estimate of drug-likeness (QED) is 0.489. The van der Waals surface area contributed by atoms with E-state index in [1.807, 2.05) is 0 Å². The van der Waals surface area contributed by atoms with Gasteiger partial charge in [0.15, 0.2) is 0 Å². The molecule has 1 heterocycles. The van der Waals surface area contributed by atoms with Crippen molar-refractivity contribution in [3.63, 3.8) is 0 Å². The van der Waals surface area contributed by atoms with Gasteiger partial charge in [-0.05, 0) is 6.92 Å². The summed E-state index contributed by atoms with van der Waals surface area (Å²) in [6.07, 6.45) is 0. The van der Waals surface area contributed by atoms with Gasteiger partial charge in [-0.25, -0.2) is 9.90 Å². The van der Waals surface area contributed by atoms with E-state index in [0.717, 1.165) is 0 Å². The van der Waals surface area contributed by atoms with Gasteiger partial charge in [0, 0.05) is 7.05 Å². The highest BCUT2D eigenvalue weighted by atomic mass is 16.1. The second-order valence-corrected chi connectivity index (χ2v) is 1.66. The second-order valence-electron chi connectivity index (χ2n) is 1.66. The maximum absolute atomic E-state index is 10.6. The number of nitrogens with zero attached hydrogens (tertiary/aromatic N) is 2. The largest absolute Gasteiger partial charge is 0.289 e. The highest BCUT2D eigenvalue weighted by Gasteiger charge is 1.94. The fourth-order valence-corrected chi connectivity index (χ4v) is 0.486. The van der Waals surface area contributed by atoms with Crippen LogP contribution in [0.2, 0.25) is 0 Å². The molecule has 0 fully saturated rings. The number of hydrogen-bond acceptors (Lipinski definition) is 2. The number of aromatic nitrogens is 3. The summed E-state index contributed by atoms with van der Waals surface area (Å²) < 4.78 is 1.33. The molecule has 8 heavy (non-hydrogen) atoms. The molecule has 0 radical (unpaired) electrons. The van der Waals surface area contributed by atoms with Crippen LogP contribution in [-0.2, 0) is 7.05 Å². The predicted octanol–water partition coefficient (Wildman–Crippen LogP) is -0.583. The summed E-state index contributed by atoms with van der Waals surface area (Å²) in [4.78, 5) is 10.6. The molecule has 0 aliphatic carbocycles. The number of nitrogens with one attached hydrogen (secondary N) is 1. The van der Waals surface area contributed by atoms with Crippen LogP contribution in [0.25, 0.3) is 0 Å². The van der Waals surface area contributed by atoms with Gasteiger partial charge < -0.3 is 0 Å². The van der Waals surface area contributed by atoms with E-state index in [-0.39, 0.29) is 5.56 Å². The standard InChI is InChI=1S/C4H7N3O/c1-3-4(8)7(2)6-5-3/h6H,1-2H3. The maximum Gasteiger partial charge on any atom is 0.289 e. The molecule has 0 aromatic carbocycles. The van der Waals surface area contributed by atoms with Crippen molar-refractivity contribution in [3.05, 3.63) is 16.0 Å². The zero-order chi connectivity index (χ0) is 6.15. The predicted molar refractivity (Wildman–Crippen MR) is 28.6 cm³/mol. The minimum atomic E-state index is -0.0648. The van der Waals surface area contributed by atoms with Crippen LogP contribution in [0.15, 0.2) is 4.79 Å². The van der Waals surface area contributed by atoms with E-state index in [2.05, 4.69) is 10.3 Å². The Labute approximate surface area is 46.1 Å². The lowest BCUT2D eigenvalue weighted by Crippen LogP contribution is -2.12. The first-order chi connectivity index (χ1) is 3.72. The topological polar surface area (TPSA) is 50.7 Å². The van der Waals surface area contributed by atoms with E-state index < -0.39 is 0 Å². The Morgan fingerprint density at radius 3 is 2.50 bits per heavy atom. The molecule has 0 amide bonds. The molecule has 4 heteroatoms. The van der Waals surface area contributed by atoms with Gasteiger partial charge in [0.25, 0.3) is 5.56 Å². The summed E-state index contributed by atoms with van der Waals surface area (Å²) in [5, 5.41) is 6.13. The van der Waals surface area contributed by atoms with Gasteiger partial charge >= 0.3 is 0 Å². The van der Waals surface area contributed by atoms with E-state index in [9.17, 15) is 4.79 Å². The Bertz CT molecular complexity index is 211. The highest BCUT2D eigenvalue weighted by molar-refractivity contribution is 4.87. The summed E-state index contributed by atoms with van der Waals surface area (Å²) >= 11 is 0. The molecule has 0 aliphatic heterocycles. The fourth-order valence-electron chi connectivity index (χ4n) is 0.486. The van der Waals surface area contributed by atoms with Crippen LogP contribution in [0.1, 0.15) is 5.69 Å². The summed E-state index contributed by atoms with van der Waals surface area (Å²) in [5.74, 6) is 0. The molecular formula is C4H7N3O. The smallest absolute Gasteiger partial charge is 0.266 e. The van der Waals surface area contributed by atoms with Crippen LogP contribution in [-0.4, -0.2) is 15.0 Å². The SMILES string of the molecule is Cc1n[nH]n(C)c1=O. The summed E-state index contributed by atoms with van der Waals surface area (Å²) in [5.41, 5.74) is 0.442. The summed E-state index contributed by atoms with van der Waals surface area (Å²) in [7, 11) is 1.63. The van der Waals surface area contributed by atoms with Crippen LogP contribution in [0.3, 0.4) is 0 Å². The van der Waals surface area contributed by atoms with Gasteiger partial charge in [-0.3, -0.25) is 4.79 Å². The minimum Gasteiger partial charge on any atom is -0.266 e. The van der Waals surface area contributed by atoms with Crippen molar-refractivity contribution >= 4 is 0 Å². The molecule has 1 rings (SSSR count). The number of aryl methyl sites for hydroxylation is 2. The van der Waals surface area contributed by atoms with Gasteiger partial charge in [-0.2, -0.15) is 5.10 Å². The monoisotopic (exact) mass is 113 g/mol. The molecule has 0 saturated heterocycles. The number of aromatic amines is 1. The van der Waals surface area contributed by atoms with Crippen molar-refractivity contribution in [2.75, 3.05) is 0 Å². The molecule has 0 unspecified atom stereocenters. The third kappa shape index (κ3) is 0.538. The fraction of sp³-hybridized carbons (Fsp3) is 0.500. The van der Waals surface area contributed by atoms with E-state index in [1.165, 1.54) is 4.68 Å². The molecule has 1 N–H and O–H groups in total. The Balaban J connectivity index is 3.42. The first kappa shape index (κ1) is 5.08. The Hall–Kier alpha value is -1.06. The normalized spacial score (nSPS) is 9.75. The van der Waals surface area contributed by atoms with E-state index in [0.29, 0.717) is 5.69 Å². The third-order valence-electron chi connectivity index (χ3n) is 0.982. The molecule has 1 aromatic heterocycles. The van der Waals surface area contributed by atoms with Gasteiger partial charge in [0.05, 0.1) is 0 Å². The zero-order valence-corrected chi connectivity index (χ0v) is 4.80. The van der Waals surface area contributed by atoms with Gasteiger partial charge in [-0.1, -0.05) is 0 Å². The molecular weight excluding hydrogens is 106 g/mol. The van der Waals surface area contributed by atoms with E-state index in [4.69, 9.17) is 0 Å². The lowest BCUT2D eigenvalue weighted by Gasteiger charge is -1.78. The molecule has 44 valence electrons. The Kier molecular flexibility index (Phi) is 0.932. The second kappa shape index (κ2) is 1.47. The van der Waals surface area contributed by atoms with E-state index >= 15 is 0 Å². The van der Waals surface area contributed by atoms with Crippen molar-refractivity contribution in [1.82, 2.24) is 15.0 Å². The zero-order valence-electron chi connectivity index (χ0n) is 4.80. The van der Waals surface area contributed by atoms with Crippen molar-refractivity contribution in [3.8, 4) is 0 Å². The van der Waals surface area contributed by atoms with Crippen molar-refractivity contribution in [1.29, 1.82) is 0 Å². The maximum atomic E-state index is 10.6. The van der Waals surface area contributed by atoms with Crippen molar-refractivity contribution in [2.45, 2.75) is 6.92 Å². The molecule has 0 atom stereocenters. The molecule has 4 nitrogen and oxygen atoms in total. The lowest BCUT2D eigenvalue weighted by molar-refractivity contribution is 0.695. The van der Waals surface area contributed by atoms with Gasteiger partial charge in [0.2, 0.25) is 0 Å². The van der Waals surface area contributed by atoms with Crippen LogP contribution >= 0.6 is 0 Å². The first-order valence-electron chi connectivity index (χ1n) is 2.30. The van der Waals surface area contributed by atoms with E-state index in [1.54, 1.807) is 14.0 Å². The van der Waals surface area contributed by atoms with Crippen molar-refractivity contribution < 1.29 is 0 Å². The Morgan fingerprint density at radius 1 is 1.75 bits per heavy atom. The number of rotatable bonds is 0. The van der Waals surface area contributed by atoms with Crippen molar-refractivity contribution in [2.24, 2.45) is 7.05 Å². The average Bonchev–Trinajstić information content (AvgIpc) is 1.98. The molecule has 0 saturated carbocycles. The average molecular weight is 113 g/mol. The first-order valence-corrected chi connectivity index (χ1v) is 2.30. The van der Waals surface area contributed by atoms with Crippen LogP contribution < -0.4 is 5.56 Å². The summed E-state index contributed by atoms with van der Waals surface area (Å²) in [6, 6.07) is 0. The third-order valence-corrected chi connectivity index (χ3v) is 0.982.